The Labute approximate surface area is 78.2 Å². The van der Waals surface area contributed by atoms with Gasteiger partial charge >= 0.3 is 0 Å². The van der Waals surface area contributed by atoms with Crippen LogP contribution in [0.15, 0.2) is 18.2 Å². The van der Waals surface area contributed by atoms with Gasteiger partial charge in [-0.1, -0.05) is 18.2 Å². The maximum atomic E-state index is 10.3. The molecule has 1 rings (SSSR count). The summed E-state index contributed by atoms with van der Waals surface area (Å²) >= 11 is 0. The lowest BCUT2D eigenvalue weighted by atomic mass is 9.99. The summed E-state index contributed by atoms with van der Waals surface area (Å²) in [5, 5.41) is 10.3. The third-order valence-electron chi connectivity index (χ3n) is 2.22. The number of carbonyl (C=O) groups is 1. The summed E-state index contributed by atoms with van der Waals surface area (Å²) < 4.78 is 0. The van der Waals surface area contributed by atoms with Crippen LogP contribution in [-0.2, 0) is 11.2 Å². The maximum Gasteiger partial charge on any atom is 0.0417 e. The van der Waals surface area contributed by atoms with E-state index < -0.39 is 5.97 Å². The predicted octanol–water partition coefficient (Wildman–Crippen LogP) is 0.986. The van der Waals surface area contributed by atoms with E-state index in [0.29, 0.717) is 6.42 Å². The summed E-state index contributed by atoms with van der Waals surface area (Å²) in [5.41, 5.74) is 3.44. The van der Waals surface area contributed by atoms with Gasteiger partial charge in [0.25, 0.3) is 0 Å². The first kappa shape index (κ1) is 9.78. The van der Waals surface area contributed by atoms with Gasteiger partial charge in [-0.2, -0.15) is 0 Å². The molecule has 1 aromatic rings. The third kappa shape index (κ3) is 2.58. The van der Waals surface area contributed by atoms with E-state index in [9.17, 15) is 9.90 Å². The third-order valence-corrected chi connectivity index (χ3v) is 2.22. The molecule has 1 aromatic carbocycles. The summed E-state index contributed by atoms with van der Waals surface area (Å²) in [7, 11) is 0. The van der Waals surface area contributed by atoms with Gasteiger partial charge in [-0.05, 0) is 43.4 Å². The molecule has 2 nitrogen and oxygen atoms in total. The van der Waals surface area contributed by atoms with Crippen LogP contribution >= 0.6 is 0 Å². The maximum absolute atomic E-state index is 10.3. The van der Waals surface area contributed by atoms with Crippen molar-refractivity contribution in [3.05, 3.63) is 34.9 Å². The highest BCUT2D eigenvalue weighted by atomic mass is 16.4. The standard InChI is InChI=1S/C11H14O2/c1-8-4-3-5-9(2)10(8)6-7-11(12)13/h3-5H,6-7H2,1-2H3,(H,12,13)/p-1. The van der Waals surface area contributed by atoms with Gasteiger partial charge in [-0.15, -0.1) is 0 Å². The van der Waals surface area contributed by atoms with Crippen molar-refractivity contribution in [3.8, 4) is 0 Å². The van der Waals surface area contributed by atoms with E-state index in [2.05, 4.69) is 0 Å². The SMILES string of the molecule is Cc1cccc(C)c1CCC(=O)[O-]. The second-order valence-corrected chi connectivity index (χ2v) is 3.24. The molecule has 2 heteroatoms. The van der Waals surface area contributed by atoms with Crippen molar-refractivity contribution < 1.29 is 9.90 Å². The molecule has 70 valence electrons. The predicted molar refractivity (Wildman–Crippen MR) is 49.2 cm³/mol. The van der Waals surface area contributed by atoms with Gasteiger partial charge in [0.2, 0.25) is 0 Å². The van der Waals surface area contributed by atoms with Gasteiger partial charge in [0, 0.05) is 5.97 Å². The van der Waals surface area contributed by atoms with E-state index in [0.717, 1.165) is 16.7 Å². The van der Waals surface area contributed by atoms with Crippen LogP contribution in [0.25, 0.3) is 0 Å². The molecule has 0 spiro atoms. The molecular weight excluding hydrogens is 164 g/mol. The smallest absolute Gasteiger partial charge is 0.0417 e. The number of aliphatic carboxylic acids is 1. The number of carboxylic acids is 1. The molecule has 0 aromatic heterocycles. The van der Waals surface area contributed by atoms with Crippen LogP contribution in [0.3, 0.4) is 0 Å². The first-order chi connectivity index (χ1) is 6.11. The van der Waals surface area contributed by atoms with Crippen LogP contribution in [0.5, 0.6) is 0 Å². The Bertz CT molecular complexity index is 296. The molecule has 0 N–H and O–H groups in total. The fourth-order valence-corrected chi connectivity index (χ4v) is 1.47. The molecule has 0 saturated heterocycles. The molecule has 0 aliphatic rings. The van der Waals surface area contributed by atoms with Crippen LogP contribution in [-0.4, -0.2) is 5.97 Å². The molecule has 13 heavy (non-hydrogen) atoms. The van der Waals surface area contributed by atoms with Crippen LogP contribution in [0.2, 0.25) is 0 Å². The molecule has 0 aliphatic carbocycles. The summed E-state index contributed by atoms with van der Waals surface area (Å²) in [6.45, 7) is 4.00. The Morgan fingerprint density at radius 3 is 2.31 bits per heavy atom. The molecule has 0 unspecified atom stereocenters. The highest BCUT2D eigenvalue weighted by molar-refractivity contribution is 5.64. The number of aryl methyl sites for hydroxylation is 2. The zero-order chi connectivity index (χ0) is 9.84. The lowest BCUT2D eigenvalue weighted by Crippen LogP contribution is -2.22. The highest BCUT2D eigenvalue weighted by Crippen LogP contribution is 2.14. The van der Waals surface area contributed by atoms with Crippen molar-refractivity contribution in [3.63, 3.8) is 0 Å². The second-order valence-electron chi connectivity index (χ2n) is 3.24. The second kappa shape index (κ2) is 4.08. The van der Waals surface area contributed by atoms with Crippen LogP contribution in [0.1, 0.15) is 23.1 Å². The summed E-state index contributed by atoms with van der Waals surface area (Å²) in [5.74, 6) is -0.984. The topological polar surface area (TPSA) is 40.1 Å². The first-order valence-corrected chi connectivity index (χ1v) is 4.36. The number of carboxylic acid groups (broad SMARTS) is 1. The van der Waals surface area contributed by atoms with E-state index >= 15 is 0 Å². The van der Waals surface area contributed by atoms with Crippen molar-refractivity contribution in [2.24, 2.45) is 0 Å². The number of hydrogen-bond donors (Lipinski definition) is 0. The van der Waals surface area contributed by atoms with Gasteiger partial charge in [-0.25, -0.2) is 0 Å². The Morgan fingerprint density at radius 2 is 1.85 bits per heavy atom. The zero-order valence-electron chi connectivity index (χ0n) is 7.96. The Balaban J connectivity index is 2.81. The van der Waals surface area contributed by atoms with Gasteiger partial charge in [-0.3, -0.25) is 0 Å². The van der Waals surface area contributed by atoms with Gasteiger partial charge in [0.05, 0.1) is 0 Å². The Morgan fingerprint density at radius 1 is 1.31 bits per heavy atom. The molecule has 0 heterocycles. The Kier molecular flexibility index (Phi) is 3.07. The summed E-state index contributed by atoms with van der Waals surface area (Å²) in [6, 6.07) is 5.97. The first-order valence-electron chi connectivity index (χ1n) is 4.36. The molecule has 0 radical (unpaired) electrons. The molecule has 0 saturated carbocycles. The van der Waals surface area contributed by atoms with Crippen molar-refractivity contribution in [1.82, 2.24) is 0 Å². The number of rotatable bonds is 3. The average Bonchev–Trinajstić information content (AvgIpc) is 2.03. The van der Waals surface area contributed by atoms with Crippen LogP contribution < -0.4 is 5.11 Å². The highest BCUT2D eigenvalue weighted by Gasteiger charge is 2.01. The van der Waals surface area contributed by atoms with E-state index in [1.165, 1.54) is 0 Å². The van der Waals surface area contributed by atoms with E-state index in [1.54, 1.807) is 0 Å². The van der Waals surface area contributed by atoms with Crippen molar-refractivity contribution in [1.29, 1.82) is 0 Å². The normalized spacial score (nSPS) is 10.0. The molecule has 0 bridgehead atoms. The molecule has 0 amide bonds. The molecule has 0 aliphatic heterocycles. The zero-order valence-corrected chi connectivity index (χ0v) is 7.96. The monoisotopic (exact) mass is 177 g/mol. The summed E-state index contributed by atoms with van der Waals surface area (Å²) in [6.07, 6.45) is 0.673. The van der Waals surface area contributed by atoms with Crippen LogP contribution in [0.4, 0.5) is 0 Å². The van der Waals surface area contributed by atoms with Gasteiger partial charge in [0.1, 0.15) is 0 Å². The fourth-order valence-electron chi connectivity index (χ4n) is 1.47. The lowest BCUT2D eigenvalue weighted by molar-refractivity contribution is -0.305. The van der Waals surface area contributed by atoms with Crippen LogP contribution in [0, 0.1) is 13.8 Å². The molecule has 0 atom stereocenters. The minimum Gasteiger partial charge on any atom is -0.550 e. The number of benzene rings is 1. The lowest BCUT2D eigenvalue weighted by Gasteiger charge is -2.09. The summed E-state index contributed by atoms with van der Waals surface area (Å²) in [4.78, 5) is 10.3. The largest absolute Gasteiger partial charge is 0.550 e. The minimum absolute atomic E-state index is 0.103. The number of hydrogen-bond acceptors (Lipinski definition) is 2. The van der Waals surface area contributed by atoms with E-state index in [-0.39, 0.29) is 6.42 Å². The Hall–Kier alpha value is -1.31. The van der Waals surface area contributed by atoms with Crippen molar-refractivity contribution in [2.75, 3.05) is 0 Å². The van der Waals surface area contributed by atoms with E-state index in [1.807, 2.05) is 32.0 Å². The minimum atomic E-state index is -0.984. The van der Waals surface area contributed by atoms with E-state index in [4.69, 9.17) is 0 Å². The fraction of sp³-hybridized carbons (Fsp3) is 0.364. The number of carbonyl (C=O) groups excluding carboxylic acids is 1. The van der Waals surface area contributed by atoms with Crippen molar-refractivity contribution >= 4 is 5.97 Å². The molecule has 0 fully saturated rings. The van der Waals surface area contributed by atoms with Crippen molar-refractivity contribution in [2.45, 2.75) is 26.7 Å². The average molecular weight is 177 g/mol. The quantitative estimate of drug-likeness (QED) is 0.690. The molecular formula is C11H13O2-. The van der Waals surface area contributed by atoms with Gasteiger partial charge < -0.3 is 9.90 Å². The van der Waals surface area contributed by atoms with Gasteiger partial charge in [0.15, 0.2) is 0 Å².